The first-order valence-corrected chi connectivity index (χ1v) is 8.62. The Morgan fingerprint density at radius 2 is 2.05 bits per heavy atom. The molecule has 3 fully saturated rings. The van der Waals surface area contributed by atoms with Crippen molar-refractivity contribution < 1.29 is 9.47 Å². The monoisotopic (exact) mass is 302 g/mol. The molecule has 0 aliphatic carbocycles. The molecule has 3 saturated heterocycles. The van der Waals surface area contributed by atoms with Crippen LogP contribution in [0.3, 0.4) is 0 Å². The number of ether oxygens (including phenoxy) is 2. The van der Waals surface area contributed by atoms with Crippen LogP contribution in [0, 0.1) is 0 Å². The minimum Gasteiger partial charge on any atom is -0.496 e. The lowest BCUT2D eigenvalue weighted by Crippen LogP contribution is -2.55. The second-order valence-corrected chi connectivity index (χ2v) is 6.73. The average Bonchev–Trinajstić information content (AvgIpc) is 2.90. The van der Waals surface area contributed by atoms with E-state index in [2.05, 4.69) is 28.4 Å². The fraction of sp³-hybridized carbons (Fsp3) is 0.667. The van der Waals surface area contributed by atoms with Crippen LogP contribution in [-0.4, -0.2) is 43.4 Å². The summed E-state index contributed by atoms with van der Waals surface area (Å²) >= 11 is 0. The molecular formula is C18H26N2O2. The van der Waals surface area contributed by atoms with Gasteiger partial charge in [0.15, 0.2) is 0 Å². The van der Waals surface area contributed by atoms with Crippen LogP contribution in [0.15, 0.2) is 24.3 Å². The molecule has 3 aliphatic heterocycles. The fourth-order valence-corrected chi connectivity index (χ4v) is 4.56. The van der Waals surface area contributed by atoms with Crippen molar-refractivity contribution in [3.63, 3.8) is 0 Å². The zero-order valence-corrected chi connectivity index (χ0v) is 13.4. The van der Waals surface area contributed by atoms with Crippen molar-refractivity contribution in [2.24, 2.45) is 0 Å². The lowest BCUT2D eigenvalue weighted by atomic mass is 9.91. The van der Waals surface area contributed by atoms with Crippen LogP contribution in [0.4, 0.5) is 0 Å². The highest BCUT2D eigenvalue weighted by Crippen LogP contribution is 2.50. The maximum Gasteiger partial charge on any atom is 0.125 e. The van der Waals surface area contributed by atoms with Crippen LogP contribution < -0.4 is 10.1 Å². The van der Waals surface area contributed by atoms with Gasteiger partial charge in [-0.25, -0.2) is 0 Å². The lowest BCUT2D eigenvalue weighted by molar-refractivity contribution is -0.126. The minimum atomic E-state index is -0.0537. The summed E-state index contributed by atoms with van der Waals surface area (Å²) in [4.78, 5) is 2.68. The van der Waals surface area contributed by atoms with Gasteiger partial charge in [0.05, 0.1) is 7.11 Å². The molecular weight excluding hydrogens is 276 g/mol. The number of nitrogens with zero attached hydrogens (tertiary/aromatic N) is 1. The summed E-state index contributed by atoms with van der Waals surface area (Å²) < 4.78 is 12.4. The van der Waals surface area contributed by atoms with Gasteiger partial charge in [-0.2, -0.15) is 0 Å². The zero-order valence-electron chi connectivity index (χ0n) is 13.4. The number of piperidine rings is 2. The first-order valence-electron chi connectivity index (χ1n) is 8.62. The average molecular weight is 302 g/mol. The van der Waals surface area contributed by atoms with E-state index in [0.29, 0.717) is 6.04 Å². The molecule has 4 rings (SSSR count). The quantitative estimate of drug-likeness (QED) is 0.911. The molecule has 1 N–H and O–H groups in total. The van der Waals surface area contributed by atoms with E-state index in [9.17, 15) is 0 Å². The van der Waals surface area contributed by atoms with E-state index < -0.39 is 0 Å². The van der Waals surface area contributed by atoms with Gasteiger partial charge < -0.3 is 14.8 Å². The van der Waals surface area contributed by atoms with E-state index in [1.807, 2.05) is 6.07 Å². The van der Waals surface area contributed by atoms with E-state index in [1.165, 1.54) is 31.4 Å². The number of hydrogen-bond acceptors (Lipinski definition) is 4. The molecule has 2 unspecified atom stereocenters. The highest BCUT2D eigenvalue weighted by atomic mass is 16.5. The number of fused-ring (bicyclic) bond motifs is 2. The third-order valence-electron chi connectivity index (χ3n) is 5.60. The summed E-state index contributed by atoms with van der Waals surface area (Å²) in [6, 6.07) is 8.87. The predicted octanol–water partition coefficient (Wildman–Crippen LogP) is 2.70. The van der Waals surface area contributed by atoms with Crippen molar-refractivity contribution in [3.8, 4) is 5.75 Å². The summed E-state index contributed by atoms with van der Waals surface area (Å²) in [5.74, 6) is 0.962. The number of benzene rings is 1. The summed E-state index contributed by atoms with van der Waals surface area (Å²) in [6.07, 6.45) is 6.18. The molecule has 3 heterocycles. The molecule has 4 nitrogen and oxygen atoms in total. The lowest BCUT2D eigenvalue weighted by Gasteiger charge is -2.43. The van der Waals surface area contributed by atoms with Crippen LogP contribution in [0.5, 0.6) is 5.75 Å². The minimum absolute atomic E-state index is 0.0537. The maximum atomic E-state index is 6.77. The highest BCUT2D eigenvalue weighted by Gasteiger charge is 2.54. The Bertz CT molecular complexity index is 528. The van der Waals surface area contributed by atoms with Gasteiger partial charge in [0.25, 0.3) is 0 Å². The summed E-state index contributed by atoms with van der Waals surface area (Å²) in [6.45, 7) is 3.29. The molecule has 1 aromatic carbocycles. The van der Waals surface area contributed by atoms with Gasteiger partial charge in [-0.1, -0.05) is 24.6 Å². The molecule has 3 aliphatic rings. The van der Waals surface area contributed by atoms with E-state index >= 15 is 0 Å². The van der Waals surface area contributed by atoms with Gasteiger partial charge in [0.2, 0.25) is 0 Å². The molecule has 0 bridgehead atoms. The first-order chi connectivity index (χ1) is 10.8. The van der Waals surface area contributed by atoms with Crippen molar-refractivity contribution in [1.82, 2.24) is 10.2 Å². The van der Waals surface area contributed by atoms with E-state index in [1.54, 1.807) is 7.11 Å². The van der Waals surface area contributed by atoms with Crippen LogP contribution in [-0.2, 0) is 4.74 Å². The Balaban J connectivity index is 1.70. The van der Waals surface area contributed by atoms with Crippen molar-refractivity contribution in [2.75, 3.05) is 26.7 Å². The Hall–Kier alpha value is -1.10. The number of methoxy groups -OCH3 is 1. The Kier molecular flexibility index (Phi) is 3.84. The standard InChI is InChI=1S/C18H26N2O2/c1-21-16-8-3-2-6-14(16)17-15-7-4-5-13-20(15)18(22-17)9-11-19-12-10-18/h2-3,6,8,15,17,19H,4-5,7,9-13H2,1H3. The summed E-state index contributed by atoms with van der Waals surface area (Å²) in [5, 5.41) is 3.48. The summed E-state index contributed by atoms with van der Waals surface area (Å²) in [7, 11) is 1.76. The second-order valence-electron chi connectivity index (χ2n) is 6.73. The number of rotatable bonds is 2. The third-order valence-corrected chi connectivity index (χ3v) is 5.60. The van der Waals surface area contributed by atoms with Crippen LogP contribution in [0.2, 0.25) is 0 Å². The Labute approximate surface area is 132 Å². The van der Waals surface area contributed by atoms with Gasteiger partial charge in [-0.3, -0.25) is 4.90 Å². The molecule has 4 heteroatoms. The van der Waals surface area contributed by atoms with E-state index in [0.717, 1.165) is 31.7 Å². The first kappa shape index (κ1) is 14.5. The van der Waals surface area contributed by atoms with Gasteiger partial charge >= 0.3 is 0 Å². The van der Waals surface area contributed by atoms with Gasteiger partial charge in [-0.05, 0) is 32.0 Å². The van der Waals surface area contributed by atoms with E-state index in [4.69, 9.17) is 9.47 Å². The van der Waals surface area contributed by atoms with E-state index in [-0.39, 0.29) is 11.8 Å². The Morgan fingerprint density at radius 3 is 2.86 bits per heavy atom. The second kappa shape index (κ2) is 5.84. The van der Waals surface area contributed by atoms with Crippen LogP contribution in [0.25, 0.3) is 0 Å². The summed E-state index contributed by atoms with van der Waals surface area (Å²) in [5.41, 5.74) is 1.17. The molecule has 0 radical (unpaired) electrons. The molecule has 120 valence electrons. The zero-order chi connectivity index (χ0) is 15.0. The van der Waals surface area contributed by atoms with Crippen molar-refractivity contribution in [2.45, 2.75) is 50.0 Å². The number of para-hydroxylation sites is 1. The smallest absolute Gasteiger partial charge is 0.125 e. The highest BCUT2D eigenvalue weighted by molar-refractivity contribution is 5.37. The fourth-order valence-electron chi connectivity index (χ4n) is 4.56. The predicted molar refractivity (Wildman–Crippen MR) is 86.0 cm³/mol. The van der Waals surface area contributed by atoms with Gasteiger partial charge in [0, 0.05) is 31.0 Å². The molecule has 1 aromatic rings. The number of hydrogen-bond donors (Lipinski definition) is 1. The molecule has 0 amide bonds. The normalized spacial score (nSPS) is 31.1. The Morgan fingerprint density at radius 1 is 1.23 bits per heavy atom. The molecule has 22 heavy (non-hydrogen) atoms. The SMILES string of the molecule is COc1ccccc1C1OC2(CCNCC2)N2CCCCC12. The topological polar surface area (TPSA) is 33.7 Å². The maximum absolute atomic E-state index is 6.77. The third kappa shape index (κ3) is 2.25. The number of nitrogens with one attached hydrogen (secondary N) is 1. The van der Waals surface area contributed by atoms with Gasteiger partial charge in [-0.15, -0.1) is 0 Å². The molecule has 0 saturated carbocycles. The van der Waals surface area contributed by atoms with Crippen molar-refractivity contribution >= 4 is 0 Å². The molecule has 1 spiro atoms. The van der Waals surface area contributed by atoms with Gasteiger partial charge in [0.1, 0.15) is 17.6 Å². The van der Waals surface area contributed by atoms with Crippen molar-refractivity contribution in [1.29, 1.82) is 0 Å². The molecule has 0 aromatic heterocycles. The largest absolute Gasteiger partial charge is 0.496 e. The van der Waals surface area contributed by atoms with Crippen LogP contribution >= 0.6 is 0 Å². The van der Waals surface area contributed by atoms with Crippen LogP contribution in [0.1, 0.15) is 43.8 Å². The molecule has 2 atom stereocenters. The van der Waals surface area contributed by atoms with Crippen molar-refractivity contribution in [3.05, 3.63) is 29.8 Å².